The summed E-state index contributed by atoms with van der Waals surface area (Å²) in [5, 5.41) is 0. The van der Waals surface area contributed by atoms with Crippen LogP contribution in [0.1, 0.15) is 7.13 Å². The molecule has 0 aromatic rings. The van der Waals surface area contributed by atoms with Crippen molar-refractivity contribution in [2.45, 2.75) is 0 Å². The van der Waals surface area contributed by atoms with E-state index in [1.807, 2.05) is 0 Å². The van der Waals surface area contributed by atoms with Gasteiger partial charge < -0.3 is 7.13 Å². The molecule has 0 N–H and O–H groups in total. The number of hydrogen-bond donors (Lipinski definition) is 0. The molecule has 18 valence electrons. The van der Waals surface area contributed by atoms with Gasteiger partial charge in [0.2, 0.25) is 0 Å². The molecular weight excluding hydrogens is 147 g/mol. The zero-order valence-electron chi connectivity index (χ0n) is 10.5. The second-order valence-electron chi connectivity index (χ2n) is 0. The smallest absolute Gasteiger partial charge is 1.00 e. The molecule has 0 aliphatic carbocycles. The summed E-state index contributed by atoms with van der Waals surface area (Å²) in [6.07, 6.45) is 0. The Labute approximate surface area is 164 Å². The Morgan fingerprint density at radius 1 is 0.500 bits per heavy atom. The van der Waals surface area contributed by atoms with Crippen molar-refractivity contribution in [3.63, 3.8) is 0 Å². The molecular formula is H7Na5S. The Morgan fingerprint density at radius 3 is 0.500 bits per heavy atom. The molecule has 0 spiro atoms. The largest absolute Gasteiger partial charge is 1.00 e. The SMILES string of the molecule is S.[H-].[H-].[H-].[H-].[H-].[Na+].[Na+].[Na+].[Na+].[Na+]. The maximum Gasteiger partial charge on any atom is 1.00 e. The summed E-state index contributed by atoms with van der Waals surface area (Å²) < 4.78 is 0. The van der Waals surface area contributed by atoms with Crippen LogP contribution >= 0.6 is 13.5 Å². The molecule has 0 aromatic carbocycles. The van der Waals surface area contributed by atoms with Crippen molar-refractivity contribution in [3.05, 3.63) is 0 Å². The quantitative estimate of drug-likeness (QED) is 0.304. The van der Waals surface area contributed by atoms with Gasteiger partial charge in [0.25, 0.3) is 0 Å². The Kier molecular flexibility index (Phi) is 224. The van der Waals surface area contributed by atoms with Crippen molar-refractivity contribution in [1.82, 2.24) is 0 Å². The summed E-state index contributed by atoms with van der Waals surface area (Å²) in [7, 11) is 0. The monoisotopic (exact) mass is 154 g/mol. The van der Waals surface area contributed by atoms with Gasteiger partial charge >= 0.3 is 148 Å². The molecule has 0 unspecified atom stereocenters. The average molecular weight is 154 g/mol. The molecule has 0 rings (SSSR count). The first-order valence-electron chi connectivity index (χ1n) is 0. The zero-order chi connectivity index (χ0) is 0. The molecule has 0 heterocycles. The molecule has 0 nitrogen and oxygen atoms in total. The molecule has 6 heteroatoms. The molecule has 0 saturated heterocycles. The van der Waals surface area contributed by atoms with Gasteiger partial charge in [-0.15, -0.1) is 0 Å². The van der Waals surface area contributed by atoms with Gasteiger partial charge in [0.05, 0.1) is 0 Å². The fourth-order valence-corrected chi connectivity index (χ4v) is 0. The summed E-state index contributed by atoms with van der Waals surface area (Å²) in [6, 6.07) is 0. The van der Waals surface area contributed by atoms with Gasteiger partial charge in [0, 0.05) is 0 Å². The topological polar surface area (TPSA) is 0 Å². The third-order valence-electron chi connectivity index (χ3n) is 0. The van der Waals surface area contributed by atoms with Crippen LogP contribution < -0.4 is 148 Å². The molecule has 0 saturated carbocycles. The van der Waals surface area contributed by atoms with E-state index in [-0.39, 0.29) is 168 Å². The Bertz CT molecular complexity index is 14.8. The molecule has 0 aliphatic heterocycles. The van der Waals surface area contributed by atoms with Crippen molar-refractivity contribution < 1.29 is 155 Å². The second kappa shape index (κ2) is 31.6. The van der Waals surface area contributed by atoms with E-state index in [1.165, 1.54) is 0 Å². The summed E-state index contributed by atoms with van der Waals surface area (Å²) in [6.45, 7) is 0. The first kappa shape index (κ1) is 42.5. The minimum absolute atomic E-state index is 0. The molecule has 0 aromatic heterocycles. The number of rotatable bonds is 0. The summed E-state index contributed by atoms with van der Waals surface area (Å²) in [4.78, 5) is 0. The van der Waals surface area contributed by atoms with E-state index in [4.69, 9.17) is 0 Å². The summed E-state index contributed by atoms with van der Waals surface area (Å²) in [5.41, 5.74) is 0. The normalized spacial score (nSPS) is 0. The molecule has 0 amide bonds. The molecule has 0 aliphatic rings. The van der Waals surface area contributed by atoms with Crippen LogP contribution in [0, 0.1) is 0 Å². The van der Waals surface area contributed by atoms with Crippen LogP contribution in [0.25, 0.3) is 0 Å². The van der Waals surface area contributed by atoms with E-state index < -0.39 is 0 Å². The van der Waals surface area contributed by atoms with Crippen molar-refractivity contribution in [1.29, 1.82) is 0 Å². The van der Waals surface area contributed by atoms with E-state index in [2.05, 4.69) is 0 Å². The van der Waals surface area contributed by atoms with Gasteiger partial charge in [0.1, 0.15) is 0 Å². The fraction of sp³-hybridized carbons (Fsp3) is 0. The Hall–Kier alpha value is 5.35. The zero-order valence-corrected chi connectivity index (χ0v) is 16.5. The standard InChI is InChI=1S/5Na.H2S.5H/h;;;;;1H2;;;;;/q5*+1;;5*-1. The van der Waals surface area contributed by atoms with Crippen LogP contribution in [0.2, 0.25) is 0 Å². The van der Waals surface area contributed by atoms with E-state index >= 15 is 0 Å². The average Bonchev–Trinajstić information content (AvgIpc) is 0. The predicted octanol–water partition coefficient (Wildman–Crippen LogP) is -14.3. The van der Waals surface area contributed by atoms with E-state index in [9.17, 15) is 0 Å². The Morgan fingerprint density at radius 2 is 0.500 bits per heavy atom. The van der Waals surface area contributed by atoms with E-state index in [1.54, 1.807) is 0 Å². The molecule has 0 radical (unpaired) electrons. The molecule has 0 bridgehead atoms. The van der Waals surface area contributed by atoms with E-state index in [0.29, 0.717) is 0 Å². The van der Waals surface area contributed by atoms with Gasteiger partial charge in [-0.3, -0.25) is 0 Å². The van der Waals surface area contributed by atoms with Gasteiger partial charge in [0.15, 0.2) is 0 Å². The van der Waals surface area contributed by atoms with Crippen molar-refractivity contribution in [2.24, 2.45) is 0 Å². The summed E-state index contributed by atoms with van der Waals surface area (Å²) >= 11 is 0. The Balaban J connectivity index is 0. The molecule has 0 fully saturated rings. The van der Waals surface area contributed by atoms with Crippen LogP contribution in [-0.2, 0) is 0 Å². The van der Waals surface area contributed by atoms with Gasteiger partial charge in [-0.05, 0) is 0 Å². The maximum atomic E-state index is 0. The van der Waals surface area contributed by atoms with Gasteiger partial charge in [-0.1, -0.05) is 0 Å². The maximum absolute atomic E-state index is 0. The van der Waals surface area contributed by atoms with Crippen LogP contribution in [-0.4, -0.2) is 0 Å². The predicted molar refractivity (Wildman–Crippen MR) is 15.9 cm³/mol. The third kappa shape index (κ3) is 22.8. The van der Waals surface area contributed by atoms with Gasteiger partial charge in [-0.2, -0.15) is 13.5 Å². The minimum Gasteiger partial charge on any atom is -1.00 e. The van der Waals surface area contributed by atoms with E-state index in [0.717, 1.165) is 0 Å². The fourth-order valence-electron chi connectivity index (χ4n) is 0. The number of hydrogen-bond acceptors (Lipinski definition) is 0. The van der Waals surface area contributed by atoms with Crippen molar-refractivity contribution in [2.75, 3.05) is 0 Å². The van der Waals surface area contributed by atoms with Crippen LogP contribution in [0.4, 0.5) is 0 Å². The molecule has 6 heavy (non-hydrogen) atoms. The van der Waals surface area contributed by atoms with Crippen molar-refractivity contribution >= 4 is 13.5 Å². The van der Waals surface area contributed by atoms with Crippen LogP contribution in [0.3, 0.4) is 0 Å². The van der Waals surface area contributed by atoms with Crippen molar-refractivity contribution in [3.8, 4) is 0 Å². The first-order valence-corrected chi connectivity index (χ1v) is 0. The van der Waals surface area contributed by atoms with Crippen LogP contribution in [0.5, 0.6) is 0 Å². The van der Waals surface area contributed by atoms with Gasteiger partial charge in [-0.25, -0.2) is 0 Å². The minimum atomic E-state index is 0. The first-order chi connectivity index (χ1) is 0. The van der Waals surface area contributed by atoms with Crippen LogP contribution in [0.15, 0.2) is 0 Å². The summed E-state index contributed by atoms with van der Waals surface area (Å²) in [5.74, 6) is 0. The third-order valence-corrected chi connectivity index (χ3v) is 0. The second-order valence-corrected chi connectivity index (χ2v) is 0. The molecule has 0 atom stereocenters.